The van der Waals surface area contributed by atoms with Crippen LogP contribution in [0, 0.1) is 0 Å². The molecule has 1 unspecified atom stereocenters. The van der Waals surface area contributed by atoms with Gasteiger partial charge in [-0.25, -0.2) is 0 Å². The van der Waals surface area contributed by atoms with Crippen LogP contribution in [0.15, 0.2) is 57.5 Å². The molecule has 0 aromatic heterocycles. The van der Waals surface area contributed by atoms with Gasteiger partial charge < -0.3 is 10.8 Å². The van der Waals surface area contributed by atoms with Crippen LogP contribution in [0.2, 0.25) is 0 Å². The van der Waals surface area contributed by atoms with Gasteiger partial charge in [-0.15, -0.1) is 0 Å². The summed E-state index contributed by atoms with van der Waals surface area (Å²) in [6.45, 7) is 0. The van der Waals surface area contributed by atoms with Crippen LogP contribution >= 0.6 is 31.9 Å². The molecule has 0 radical (unpaired) electrons. The van der Waals surface area contributed by atoms with E-state index in [0.717, 1.165) is 15.2 Å². The van der Waals surface area contributed by atoms with Crippen molar-refractivity contribution in [1.82, 2.24) is 0 Å². The lowest BCUT2D eigenvalue weighted by Gasteiger charge is -2.05. The molecule has 1 atom stereocenters. The molecule has 0 fully saturated rings. The summed E-state index contributed by atoms with van der Waals surface area (Å²) in [5.74, 6) is -1.02. The highest BCUT2D eigenvalue weighted by Gasteiger charge is 2.12. The van der Waals surface area contributed by atoms with E-state index in [1.54, 1.807) is 36.4 Å². The summed E-state index contributed by atoms with van der Waals surface area (Å²) in [6, 6.07) is 13.2. The number of hydrogen-bond acceptors (Lipinski definition) is 3. The Kier molecular flexibility index (Phi) is 7.28. The predicted molar refractivity (Wildman–Crippen MR) is 88.2 cm³/mol. The standard InChI is InChI=1S/C8H8BrNO2.C7H5BrO/c9-6-3-1-5(2-4-6)7(10)8(11)12;8-7-3-1-6(5-9)2-4-7/h1-4,7H,10H2,(H,11,12);1-5H. The number of aliphatic carboxylic acids is 1. The van der Waals surface area contributed by atoms with Gasteiger partial charge in [0.1, 0.15) is 12.3 Å². The number of aldehydes is 1. The maximum atomic E-state index is 10.4. The molecule has 0 spiro atoms. The van der Waals surface area contributed by atoms with Crippen molar-refractivity contribution in [3.63, 3.8) is 0 Å². The minimum atomic E-state index is -1.02. The highest BCUT2D eigenvalue weighted by Crippen LogP contribution is 2.15. The van der Waals surface area contributed by atoms with Crippen LogP contribution in [0.3, 0.4) is 0 Å². The number of rotatable bonds is 3. The summed E-state index contributed by atoms with van der Waals surface area (Å²) in [5.41, 5.74) is 6.68. The van der Waals surface area contributed by atoms with E-state index in [-0.39, 0.29) is 0 Å². The fourth-order valence-corrected chi connectivity index (χ4v) is 1.88. The molecule has 3 N–H and O–H groups in total. The lowest BCUT2D eigenvalue weighted by atomic mass is 10.1. The van der Waals surface area contributed by atoms with Crippen molar-refractivity contribution in [2.24, 2.45) is 5.73 Å². The molecule has 2 rings (SSSR count). The number of halogens is 2. The van der Waals surface area contributed by atoms with Gasteiger partial charge in [0.15, 0.2) is 0 Å². The number of carboxylic acid groups (broad SMARTS) is 1. The van der Waals surface area contributed by atoms with Crippen molar-refractivity contribution in [3.05, 3.63) is 68.6 Å². The van der Waals surface area contributed by atoms with Crippen molar-refractivity contribution >= 4 is 44.1 Å². The quantitative estimate of drug-likeness (QED) is 0.748. The molecule has 2 aromatic carbocycles. The zero-order chi connectivity index (χ0) is 15.8. The first-order valence-corrected chi connectivity index (χ1v) is 7.47. The Bertz CT molecular complexity index is 597. The van der Waals surface area contributed by atoms with Gasteiger partial charge in [0, 0.05) is 14.5 Å². The molecular weight excluding hydrogens is 402 g/mol. The van der Waals surface area contributed by atoms with Gasteiger partial charge in [-0.3, -0.25) is 9.59 Å². The van der Waals surface area contributed by atoms with Crippen molar-refractivity contribution in [2.45, 2.75) is 6.04 Å². The summed E-state index contributed by atoms with van der Waals surface area (Å²) in [5, 5.41) is 8.57. The topological polar surface area (TPSA) is 80.4 Å². The maximum absolute atomic E-state index is 10.4. The number of nitrogens with two attached hydrogens (primary N) is 1. The minimum absolute atomic E-state index is 0.603. The van der Waals surface area contributed by atoms with Gasteiger partial charge in [-0.1, -0.05) is 56.1 Å². The molecule has 0 aliphatic rings. The van der Waals surface area contributed by atoms with Gasteiger partial charge in [0.25, 0.3) is 0 Å². The first-order chi connectivity index (χ1) is 9.93. The van der Waals surface area contributed by atoms with Crippen LogP contribution in [-0.2, 0) is 4.79 Å². The zero-order valence-electron chi connectivity index (χ0n) is 10.9. The third-order valence-electron chi connectivity index (χ3n) is 2.50. The highest BCUT2D eigenvalue weighted by atomic mass is 79.9. The molecule has 0 amide bonds. The Labute approximate surface area is 139 Å². The van der Waals surface area contributed by atoms with E-state index in [1.807, 2.05) is 12.1 Å². The van der Waals surface area contributed by atoms with Crippen molar-refractivity contribution in [3.8, 4) is 0 Å². The first-order valence-electron chi connectivity index (χ1n) is 5.88. The average molecular weight is 415 g/mol. The van der Waals surface area contributed by atoms with E-state index >= 15 is 0 Å². The molecule has 0 aliphatic heterocycles. The molecule has 0 aliphatic carbocycles. The van der Waals surface area contributed by atoms with Crippen molar-refractivity contribution < 1.29 is 14.7 Å². The Morgan fingerprint density at radius 3 is 1.81 bits per heavy atom. The van der Waals surface area contributed by atoms with E-state index in [0.29, 0.717) is 11.1 Å². The summed E-state index contributed by atoms with van der Waals surface area (Å²) in [6.07, 6.45) is 0.826. The molecule has 4 nitrogen and oxygen atoms in total. The van der Waals surface area contributed by atoms with Gasteiger partial charge in [0.05, 0.1) is 0 Å². The van der Waals surface area contributed by atoms with E-state index < -0.39 is 12.0 Å². The predicted octanol–water partition coefficient (Wildman–Crippen LogP) is 3.80. The van der Waals surface area contributed by atoms with Gasteiger partial charge in [0.2, 0.25) is 0 Å². The summed E-state index contributed by atoms with van der Waals surface area (Å²) < 4.78 is 1.90. The Balaban J connectivity index is 0.000000219. The zero-order valence-corrected chi connectivity index (χ0v) is 14.0. The molecule has 0 saturated carbocycles. The lowest BCUT2D eigenvalue weighted by Crippen LogP contribution is -2.20. The minimum Gasteiger partial charge on any atom is -0.480 e. The Morgan fingerprint density at radius 1 is 1.00 bits per heavy atom. The highest BCUT2D eigenvalue weighted by molar-refractivity contribution is 9.10. The molecule has 6 heteroatoms. The van der Waals surface area contributed by atoms with Crippen molar-refractivity contribution in [2.75, 3.05) is 0 Å². The van der Waals surface area contributed by atoms with Gasteiger partial charge >= 0.3 is 5.97 Å². The van der Waals surface area contributed by atoms with Crippen LogP contribution in [0.5, 0.6) is 0 Å². The van der Waals surface area contributed by atoms with Crippen LogP contribution in [0.4, 0.5) is 0 Å². The Morgan fingerprint density at radius 2 is 1.43 bits per heavy atom. The second kappa shape index (κ2) is 8.71. The summed E-state index contributed by atoms with van der Waals surface area (Å²) in [7, 11) is 0. The van der Waals surface area contributed by atoms with Crippen LogP contribution in [0.1, 0.15) is 22.0 Å². The van der Waals surface area contributed by atoms with E-state index in [9.17, 15) is 9.59 Å². The molecule has 2 aromatic rings. The Hall–Kier alpha value is -1.50. The first kappa shape index (κ1) is 17.6. The molecule has 110 valence electrons. The average Bonchev–Trinajstić information content (AvgIpc) is 2.49. The fraction of sp³-hybridized carbons (Fsp3) is 0.0667. The molecule has 21 heavy (non-hydrogen) atoms. The SMILES string of the molecule is NC(C(=O)O)c1ccc(Br)cc1.O=Cc1ccc(Br)cc1. The second-order valence-electron chi connectivity index (χ2n) is 4.04. The van der Waals surface area contributed by atoms with Gasteiger partial charge in [-0.05, 0) is 29.8 Å². The number of hydrogen-bond donors (Lipinski definition) is 2. The summed E-state index contributed by atoms with van der Waals surface area (Å²) >= 11 is 6.50. The normalized spacial score (nSPS) is 11.0. The number of carbonyl (C=O) groups is 2. The third kappa shape index (κ3) is 6.20. The number of carbonyl (C=O) groups excluding carboxylic acids is 1. The lowest BCUT2D eigenvalue weighted by molar-refractivity contribution is -0.138. The van der Waals surface area contributed by atoms with Crippen LogP contribution < -0.4 is 5.73 Å². The maximum Gasteiger partial charge on any atom is 0.325 e. The third-order valence-corrected chi connectivity index (χ3v) is 3.56. The molecule has 0 saturated heterocycles. The van der Waals surface area contributed by atoms with Crippen molar-refractivity contribution in [1.29, 1.82) is 0 Å². The summed E-state index contributed by atoms with van der Waals surface area (Å²) in [4.78, 5) is 20.6. The van der Waals surface area contributed by atoms with Crippen LogP contribution in [-0.4, -0.2) is 17.4 Å². The monoisotopic (exact) mass is 413 g/mol. The van der Waals surface area contributed by atoms with E-state index in [2.05, 4.69) is 31.9 Å². The van der Waals surface area contributed by atoms with E-state index in [1.165, 1.54) is 0 Å². The molecule has 0 bridgehead atoms. The molecular formula is C15H13Br2NO3. The fourth-order valence-electron chi connectivity index (χ4n) is 1.35. The smallest absolute Gasteiger partial charge is 0.325 e. The van der Waals surface area contributed by atoms with Gasteiger partial charge in [-0.2, -0.15) is 0 Å². The van der Waals surface area contributed by atoms with E-state index in [4.69, 9.17) is 10.8 Å². The molecule has 0 heterocycles. The second-order valence-corrected chi connectivity index (χ2v) is 5.87. The van der Waals surface area contributed by atoms with Crippen LogP contribution in [0.25, 0.3) is 0 Å². The largest absolute Gasteiger partial charge is 0.480 e. The number of carboxylic acids is 1. The number of benzene rings is 2.